The molecule has 7 nitrogen and oxygen atoms in total. The standard InChI is InChI=1S/C11H17N3O4S2/c1-3-18-11(15)9-7-19-5-4-14(9)20(16,17)10-6-12-13-8(10)2/h6,9H,3-5,7H2,1-2H3,(H,12,13). The molecule has 9 heteroatoms. The predicted octanol–water partition coefficient (Wildman–Crippen LogP) is 0.387. The summed E-state index contributed by atoms with van der Waals surface area (Å²) in [7, 11) is -3.74. The Hall–Kier alpha value is -1.06. The number of carbonyl (C=O) groups is 1. The van der Waals surface area contributed by atoms with Crippen LogP contribution >= 0.6 is 11.8 Å². The van der Waals surface area contributed by atoms with E-state index < -0.39 is 22.0 Å². The highest BCUT2D eigenvalue weighted by atomic mass is 32.2. The van der Waals surface area contributed by atoms with E-state index >= 15 is 0 Å². The van der Waals surface area contributed by atoms with Crippen molar-refractivity contribution in [2.24, 2.45) is 0 Å². The number of H-pyrrole nitrogens is 1. The van der Waals surface area contributed by atoms with Crippen molar-refractivity contribution >= 4 is 27.8 Å². The zero-order valence-corrected chi connectivity index (χ0v) is 13.0. The van der Waals surface area contributed by atoms with Crippen molar-refractivity contribution in [1.29, 1.82) is 0 Å². The second kappa shape index (κ2) is 6.15. The molecule has 112 valence electrons. The smallest absolute Gasteiger partial charge is 0.325 e. The van der Waals surface area contributed by atoms with Crippen LogP contribution in [0.1, 0.15) is 12.6 Å². The van der Waals surface area contributed by atoms with E-state index in [-0.39, 0.29) is 11.5 Å². The van der Waals surface area contributed by atoms with Crippen molar-refractivity contribution in [2.45, 2.75) is 24.8 Å². The van der Waals surface area contributed by atoms with Crippen molar-refractivity contribution in [3.8, 4) is 0 Å². The van der Waals surface area contributed by atoms with E-state index in [0.717, 1.165) is 0 Å². The Kier molecular flexibility index (Phi) is 4.71. The molecule has 0 bridgehead atoms. The van der Waals surface area contributed by atoms with Gasteiger partial charge in [-0.05, 0) is 13.8 Å². The molecule has 1 N–H and O–H groups in total. The average molecular weight is 319 g/mol. The Bertz CT molecular complexity index is 584. The third kappa shape index (κ3) is 2.84. The van der Waals surface area contributed by atoms with Crippen LogP contribution in [0.5, 0.6) is 0 Å². The van der Waals surface area contributed by atoms with Gasteiger partial charge in [0.25, 0.3) is 0 Å². The molecule has 0 aromatic carbocycles. The highest BCUT2D eigenvalue weighted by Crippen LogP contribution is 2.26. The Morgan fingerprint density at radius 2 is 2.40 bits per heavy atom. The van der Waals surface area contributed by atoms with Crippen LogP contribution < -0.4 is 0 Å². The Morgan fingerprint density at radius 3 is 3.00 bits per heavy atom. The molecule has 1 aromatic rings. The van der Waals surface area contributed by atoms with Crippen molar-refractivity contribution in [2.75, 3.05) is 24.7 Å². The van der Waals surface area contributed by atoms with Crippen LogP contribution in [0.3, 0.4) is 0 Å². The summed E-state index contributed by atoms with van der Waals surface area (Å²) in [5.41, 5.74) is 0.464. The Balaban J connectivity index is 2.32. The molecular weight excluding hydrogens is 302 g/mol. The number of hydrogen-bond acceptors (Lipinski definition) is 6. The minimum atomic E-state index is -3.74. The van der Waals surface area contributed by atoms with Crippen molar-refractivity contribution in [3.63, 3.8) is 0 Å². The summed E-state index contributed by atoms with van der Waals surface area (Å²) >= 11 is 1.55. The van der Waals surface area contributed by atoms with Crippen molar-refractivity contribution in [1.82, 2.24) is 14.5 Å². The van der Waals surface area contributed by atoms with E-state index in [9.17, 15) is 13.2 Å². The molecule has 2 heterocycles. The number of ether oxygens (including phenoxy) is 1. The molecule has 1 fully saturated rings. The van der Waals surface area contributed by atoms with Gasteiger partial charge in [0.15, 0.2) is 0 Å². The first-order chi connectivity index (χ1) is 9.48. The highest BCUT2D eigenvalue weighted by Gasteiger charge is 2.39. The lowest BCUT2D eigenvalue weighted by Crippen LogP contribution is -2.50. The van der Waals surface area contributed by atoms with Crippen molar-refractivity contribution in [3.05, 3.63) is 11.9 Å². The van der Waals surface area contributed by atoms with Crippen LogP contribution in [0.25, 0.3) is 0 Å². The van der Waals surface area contributed by atoms with Gasteiger partial charge in [-0.1, -0.05) is 0 Å². The summed E-state index contributed by atoms with van der Waals surface area (Å²) < 4.78 is 31.5. The van der Waals surface area contributed by atoms with Gasteiger partial charge in [0, 0.05) is 18.1 Å². The maximum absolute atomic E-state index is 12.6. The van der Waals surface area contributed by atoms with Gasteiger partial charge < -0.3 is 4.74 Å². The number of rotatable bonds is 4. The van der Waals surface area contributed by atoms with Gasteiger partial charge in [-0.25, -0.2) is 8.42 Å². The predicted molar refractivity (Wildman–Crippen MR) is 75.0 cm³/mol. The zero-order chi connectivity index (χ0) is 14.8. The molecule has 1 aromatic heterocycles. The summed E-state index contributed by atoms with van der Waals surface area (Å²) in [5, 5.41) is 6.34. The normalized spacial score (nSPS) is 20.8. The molecule has 1 atom stereocenters. The number of hydrogen-bond donors (Lipinski definition) is 1. The minimum absolute atomic E-state index is 0.110. The summed E-state index contributed by atoms with van der Waals surface area (Å²) in [6, 6.07) is -0.770. The zero-order valence-electron chi connectivity index (χ0n) is 11.3. The van der Waals surface area contributed by atoms with Crippen LogP contribution in [-0.4, -0.2) is 59.6 Å². The van der Waals surface area contributed by atoms with Gasteiger partial charge >= 0.3 is 5.97 Å². The summed E-state index contributed by atoms with van der Waals surface area (Å²) in [6.45, 7) is 3.87. The maximum Gasteiger partial charge on any atom is 0.325 e. The summed E-state index contributed by atoms with van der Waals surface area (Å²) in [5.74, 6) is 0.575. The first kappa shape index (κ1) is 15.3. The van der Waals surface area contributed by atoms with Gasteiger partial charge in [-0.3, -0.25) is 9.89 Å². The van der Waals surface area contributed by atoms with Crippen LogP contribution in [0.2, 0.25) is 0 Å². The molecular formula is C11H17N3O4S2. The number of thioether (sulfide) groups is 1. The van der Waals surface area contributed by atoms with Gasteiger partial charge in [0.05, 0.1) is 18.5 Å². The number of aromatic nitrogens is 2. The number of carbonyl (C=O) groups excluding carboxylic acids is 1. The molecule has 1 saturated heterocycles. The molecule has 1 aliphatic heterocycles. The molecule has 2 rings (SSSR count). The number of sulfonamides is 1. The first-order valence-corrected chi connectivity index (χ1v) is 8.84. The summed E-state index contributed by atoms with van der Waals surface area (Å²) in [6.07, 6.45) is 1.27. The quantitative estimate of drug-likeness (QED) is 0.807. The first-order valence-electron chi connectivity index (χ1n) is 6.24. The van der Waals surface area contributed by atoms with Gasteiger partial charge in [0.2, 0.25) is 10.0 Å². The lowest BCUT2D eigenvalue weighted by Gasteiger charge is -2.32. The fourth-order valence-corrected chi connectivity index (χ4v) is 4.97. The van der Waals surface area contributed by atoms with E-state index in [2.05, 4.69) is 10.2 Å². The van der Waals surface area contributed by atoms with Crippen molar-refractivity contribution < 1.29 is 17.9 Å². The van der Waals surface area contributed by atoms with Gasteiger partial charge in [-0.2, -0.15) is 21.2 Å². The van der Waals surface area contributed by atoms with Gasteiger partial charge in [0.1, 0.15) is 10.9 Å². The number of nitrogens with one attached hydrogen (secondary N) is 1. The number of nitrogens with zero attached hydrogens (tertiary/aromatic N) is 2. The monoisotopic (exact) mass is 319 g/mol. The lowest BCUT2D eigenvalue weighted by atomic mass is 10.3. The van der Waals surface area contributed by atoms with E-state index in [4.69, 9.17) is 4.74 Å². The SMILES string of the molecule is CCOC(=O)C1CSCCN1S(=O)(=O)c1cn[nH]c1C. The van der Waals surface area contributed by atoms with Crippen LogP contribution in [0.4, 0.5) is 0 Å². The third-order valence-corrected chi connectivity index (χ3v) is 6.05. The molecule has 0 amide bonds. The van der Waals surface area contributed by atoms with Gasteiger partial charge in [-0.15, -0.1) is 0 Å². The molecule has 1 unspecified atom stereocenters. The fourth-order valence-electron chi connectivity index (χ4n) is 2.03. The molecule has 0 radical (unpaired) electrons. The topological polar surface area (TPSA) is 92.4 Å². The molecule has 1 aliphatic rings. The molecule has 0 aliphatic carbocycles. The lowest BCUT2D eigenvalue weighted by molar-refractivity contribution is -0.146. The maximum atomic E-state index is 12.6. The van der Waals surface area contributed by atoms with Crippen LogP contribution in [-0.2, 0) is 19.6 Å². The van der Waals surface area contributed by atoms with E-state index in [0.29, 0.717) is 23.7 Å². The van der Waals surface area contributed by atoms with Crippen LogP contribution in [0, 0.1) is 6.92 Å². The second-order valence-corrected chi connectivity index (χ2v) is 7.33. The molecule has 20 heavy (non-hydrogen) atoms. The average Bonchev–Trinajstić information content (AvgIpc) is 2.86. The summed E-state index contributed by atoms with van der Waals surface area (Å²) in [4.78, 5) is 12.1. The number of esters is 1. The van der Waals surface area contributed by atoms with E-state index in [1.54, 1.807) is 25.6 Å². The largest absolute Gasteiger partial charge is 0.465 e. The Morgan fingerprint density at radius 1 is 1.65 bits per heavy atom. The molecule has 0 spiro atoms. The van der Waals surface area contributed by atoms with E-state index in [1.807, 2.05) is 0 Å². The fraction of sp³-hybridized carbons (Fsp3) is 0.636. The molecule has 0 saturated carbocycles. The number of aryl methyl sites for hydroxylation is 1. The van der Waals surface area contributed by atoms with Crippen LogP contribution in [0.15, 0.2) is 11.1 Å². The highest BCUT2D eigenvalue weighted by molar-refractivity contribution is 7.99. The number of aromatic amines is 1. The second-order valence-electron chi connectivity index (χ2n) is 4.32. The minimum Gasteiger partial charge on any atom is -0.465 e. The van der Waals surface area contributed by atoms with E-state index in [1.165, 1.54) is 10.5 Å². The third-order valence-electron chi connectivity index (χ3n) is 3.01. The Labute approximate surface area is 122 Å².